The smallest absolute Gasteiger partial charge is 0.189 e. The van der Waals surface area contributed by atoms with Gasteiger partial charge in [0, 0.05) is 0 Å². The van der Waals surface area contributed by atoms with E-state index < -0.39 is 61.9 Å². The Morgan fingerprint density at radius 3 is 2.05 bits per heavy atom. The molecule has 124 valence electrons. The number of hydrogen-bond acceptors (Lipinski definition) is 10. The average Bonchev–Trinajstić information content (AvgIpc) is 2.48. The van der Waals surface area contributed by atoms with Gasteiger partial charge in [0.15, 0.2) is 12.6 Å². The highest BCUT2D eigenvalue weighted by molar-refractivity contribution is 4.90. The molecule has 0 saturated carbocycles. The van der Waals surface area contributed by atoms with Crippen molar-refractivity contribution in [2.75, 3.05) is 13.2 Å². The van der Waals surface area contributed by atoms with Gasteiger partial charge in [-0.05, 0) is 0 Å². The van der Waals surface area contributed by atoms with Crippen molar-refractivity contribution in [3.63, 3.8) is 0 Å². The van der Waals surface area contributed by atoms with E-state index in [-0.39, 0.29) is 6.61 Å². The SMILES string of the molecule is OC[C@H]1O[C@@H](O[C@@H]2OC[C@@H](O)[C@H](O)[C@H]2O)[C@H](O)[C@@H](O)[C@@H]1O. The van der Waals surface area contributed by atoms with Crippen LogP contribution in [0, 0.1) is 0 Å². The van der Waals surface area contributed by atoms with E-state index in [0.717, 1.165) is 0 Å². The lowest BCUT2D eigenvalue weighted by atomic mass is 9.99. The minimum atomic E-state index is -1.65. The van der Waals surface area contributed by atoms with Crippen LogP contribution in [-0.2, 0) is 14.2 Å². The van der Waals surface area contributed by atoms with Crippen LogP contribution >= 0.6 is 0 Å². The van der Waals surface area contributed by atoms with E-state index in [2.05, 4.69) is 0 Å². The standard InChI is InChI=1S/C11H20O10/c12-1-4-6(15)7(16)9(18)11(20-4)21-10-8(17)5(14)3(13)2-19-10/h3-18H,1-2H2/t3-,4-,5+,6-,7+,8-,9-,10+,11+/m1/s1. The molecule has 0 bridgehead atoms. The predicted octanol–water partition coefficient (Wildman–Crippen LogP) is -4.76. The molecular formula is C11H20O10. The van der Waals surface area contributed by atoms with E-state index in [4.69, 9.17) is 19.3 Å². The Morgan fingerprint density at radius 2 is 1.43 bits per heavy atom. The van der Waals surface area contributed by atoms with Crippen LogP contribution in [0.3, 0.4) is 0 Å². The van der Waals surface area contributed by atoms with Crippen LogP contribution in [0.2, 0.25) is 0 Å². The molecule has 2 saturated heterocycles. The molecule has 10 nitrogen and oxygen atoms in total. The topological polar surface area (TPSA) is 169 Å². The summed E-state index contributed by atoms with van der Waals surface area (Å²) in [6.07, 6.45) is -13.3. The summed E-state index contributed by atoms with van der Waals surface area (Å²) in [7, 11) is 0. The molecule has 0 aromatic carbocycles. The van der Waals surface area contributed by atoms with E-state index in [0.29, 0.717) is 0 Å². The Hall–Kier alpha value is -0.400. The molecule has 0 radical (unpaired) electrons. The maximum Gasteiger partial charge on any atom is 0.189 e. The summed E-state index contributed by atoms with van der Waals surface area (Å²) in [6.45, 7) is -0.930. The second-order valence-corrected chi connectivity index (χ2v) is 5.08. The van der Waals surface area contributed by atoms with Crippen molar-refractivity contribution in [2.45, 2.75) is 55.3 Å². The largest absolute Gasteiger partial charge is 0.394 e. The molecule has 2 fully saturated rings. The van der Waals surface area contributed by atoms with E-state index in [1.807, 2.05) is 0 Å². The summed E-state index contributed by atoms with van der Waals surface area (Å²) in [4.78, 5) is 0. The minimum absolute atomic E-state index is 0.305. The van der Waals surface area contributed by atoms with Gasteiger partial charge in [-0.1, -0.05) is 0 Å². The maximum absolute atomic E-state index is 9.77. The molecule has 2 rings (SSSR count). The second-order valence-electron chi connectivity index (χ2n) is 5.08. The van der Waals surface area contributed by atoms with Gasteiger partial charge in [0.05, 0.1) is 13.2 Å². The molecular weight excluding hydrogens is 292 g/mol. The van der Waals surface area contributed by atoms with Crippen molar-refractivity contribution in [3.05, 3.63) is 0 Å². The van der Waals surface area contributed by atoms with E-state index in [1.54, 1.807) is 0 Å². The lowest BCUT2D eigenvalue weighted by Crippen LogP contribution is -2.62. The molecule has 0 amide bonds. The highest BCUT2D eigenvalue weighted by atomic mass is 16.8. The second kappa shape index (κ2) is 6.79. The minimum Gasteiger partial charge on any atom is -0.394 e. The molecule has 9 atom stereocenters. The predicted molar refractivity (Wildman–Crippen MR) is 62.6 cm³/mol. The maximum atomic E-state index is 9.77. The number of hydrogen-bond donors (Lipinski definition) is 7. The summed E-state index contributed by atoms with van der Waals surface area (Å²) in [5.41, 5.74) is 0. The third kappa shape index (κ3) is 3.35. The number of ether oxygens (including phenoxy) is 3. The molecule has 2 aliphatic heterocycles. The fourth-order valence-corrected chi connectivity index (χ4v) is 2.21. The molecule has 21 heavy (non-hydrogen) atoms. The third-order valence-corrected chi connectivity index (χ3v) is 3.57. The monoisotopic (exact) mass is 312 g/mol. The normalized spacial score (nSPS) is 51.9. The molecule has 0 aromatic rings. The molecule has 0 spiro atoms. The quantitative estimate of drug-likeness (QED) is 0.268. The molecule has 10 heteroatoms. The van der Waals surface area contributed by atoms with Crippen LogP contribution in [0.1, 0.15) is 0 Å². The molecule has 2 aliphatic rings. The highest BCUT2D eigenvalue weighted by Gasteiger charge is 2.47. The van der Waals surface area contributed by atoms with Crippen molar-refractivity contribution < 1.29 is 50.0 Å². The first-order valence-electron chi connectivity index (χ1n) is 6.48. The first-order valence-corrected chi connectivity index (χ1v) is 6.48. The van der Waals surface area contributed by atoms with Crippen molar-refractivity contribution in [2.24, 2.45) is 0 Å². The summed E-state index contributed by atoms with van der Waals surface area (Å²) < 4.78 is 15.2. The summed E-state index contributed by atoms with van der Waals surface area (Å²) in [5.74, 6) is 0. The highest BCUT2D eigenvalue weighted by Crippen LogP contribution is 2.25. The van der Waals surface area contributed by atoms with E-state index in [9.17, 15) is 30.6 Å². The zero-order chi connectivity index (χ0) is 15.7. The van der Waals surface area contributed by atoms with Gasteiger partial charge in [-0.2, -0.15) is 0 Å². The van der Waals surface area contributed by atoms with Gasteiger partial charge in [0.1, 0.15) is 42.7 Å². The molecule has 0 unspecified atom stereocenters. The van der Waals surface area contributed by atoms with Crippen molar-refractivity contribution in [1.82, 2.24) is 0 Å². The Bertz CT molecular complexity index is 339. The average molecular weight is 312 g/mol. The first-order chi connectivity index (χ1) is 9.86. The van der Waals surface area contributed by atoms with Gasteiger partial charge >= 0.3 is 0 Å². The van der Waals surface area contributed by atoms with Crippen LogP contribution in [0.4, 0.5) is 0 Å². The van der Waals surface area contributed by atoms with Crippen molar-refractivity contribution in [3.8, 4) is 0 Å². The fourth-order valence-electron chi connectivity index (χ4n) is 2.21. The third-order valence-electron chi connectivity index (χ3n) is 3.57. The first kappa shape index (κ1) is 17.0. The number of aliphatic hydroxyl groups is 7. The number of rotatable bonds is 3. The Labute approximate surface area is 119 Å². The Kier molecular flexibility index (Phi) is 5.48. The Morgan fingerprint density at radius 1 is 0.810 bits per heavy atom. The van der Waals surface area contributed by atoms with Gasteiger partial charge in [0.25, 0.3) is 0 Å². The van der Waals surface area contributed by atoms with Gasteiger partial charge in [-0.3, -0.25) is 0 Å². The lowest BCUT2D eigenvalue weighted by Gasteiger charge is -2.42. The summed E-state index contributed by atoms with van der Waals surface area (Å²) in [5, 5.41) is 66.5. The lowest BCUT2D eigenvalue weighted by molar-refractivity contribution is -0.365. The number of aliphatic hydroxyl groups excluding tert-OH is 7. The van der Waals surface area contributed by atoms with Gasteiger partial charge < -0.3 is 50.0 Å². The Balaban J connectivity index is 2.01. The van der Waals surface area contributed by atoms with Crippen LogP contribution in [-0.4, -0.2) is 104 Å². The molecule has 2 heterocycles. The summed E-state index contributed by atoms with van der Waals surface area (Å²) in [6, 6.07) is 0. The summed E-state index contributed by atoms with van der Waals surface area (Å²) >= 11 is 0. The molecule has 0 aromatic heterocycles. The van der Waals surface area contributed by atoms with Crippen LogP contribution in [0.5, 0.6) is 0 Å². The zero-order valence-electron chi connectivity index (χ0n) is 11.0. The van der Waals surface area contributed by atoms with Gasteiger partial charge in [0.2, 0.25) is 0 Å². The van der Waals surface area contributed by atoms with Crippen LogP contribution < -0.4 is 0 Å². The van der Waals surface area contributed by atoms with E-state index in [1.165, 1.54) is 0 Å². The molecule has 7 N–H and O–H groups in total. The van der Waals surface area contributed by atoms with Crippen molar-refractivity contribution in [1.29, 1.82) is 0 Å². The molecule has 0 aliphatic carbocycles. The van der Waals surface area contributed by atoms with E-state index >= 15 is 0 Å². The van der Waals surface area contributed by atoms with Crippen LogP contribution in [0.25, 0.3) is 0 Å². The van der Waals surface area contributed by atoms with Crippen molar-refractivity contribution >= 4 is 0 Å². The van der Waals surface area contributed by atoms with Gasteiger partial charge in [-0.25, -0.2) is 0 Å². The fraction of sp³-hybridized carbons (Fsp3) is 1.00. The van der Waals surface area contributed by atoms with Crippen LogP contribution in [0.15, 0.2) is 0 Å². The van der Waals surface area contributed by atoms with Gasteiger partial charge in [-0.15, -0.1) is 0 Å². The zero-order valence-corrected chi connectivity index (χ0v) is 11.0.